The summed E-state index contributed by atoms with van der Waals surface area (Å²) >= 11 is 0. The first-order valence-electron chi connectivity index (χ1n) is 9.06. The Morgan fingerprint density at radius 3 is 2.65 bits per heavy atom. The van der Waals surface area contributed by atoms with Crippen LogP contribution in [0, 0.1) is 5.41 Å². The van der Waals surface area contributed by atoms with E-state index in [2.05, 4.69) is 25.0 Å². The van der Waals surface area contributed by atoms with Gasteiger partial charge in [-0.15, -0.1) is 0 Å². The lowest BCUT2D eigenvalue weighted by molar-refractivity contribution is -0.253. The summed E-state index contributed by atoms with van der Waals surface area (Å²) in [5.74, 6) is -0.202. The molecule has 0 fully saturated rings. The molecule has 0 aliphatic heterocycles. The van der Waals surface area contributed by atoms with Crippen molar-refractivity contribution in [1.82, 2.24) is 15.0 Å². The van der Waals surface area contributed by atoms with Gasteiger partial charge in [0.05, 0.1) is 11.5 Å². The second-order valence-electron chi connectivity index (χ2n) is 6.44. The maximum atomic E-state index is 13.1. The van der Waals surface area contributed by atoms with Crippen LogP contribution >= 0.6 is 0 Å². The normalized spacial score (nSPS) is 11.4. The highest BCUT2D eigenvalue weighted by Crippen LogP contribution is 2.29. The number of aromatic nitrogens is 3. The molecule has 0 unspecified atom stereocenters. The van der Waals surface area contributed by atoms with Crippen molar-refractivity contribution < 1.29 is 22.3 Å². The van der Waals surface area contributed by atoms with Crippen LogP contribution < -0.4 is 15.8 Å². The van der Waals surface area contributed by atoms with Gasteiger partial charge in [0.15, 0.2) is 0 Å². The fourth-order valence-electron chi connectivity index (χ4n) is 2.58. The van der Waals surface area contributed by atoms with Crippen molar-refractivity contribution in [2.45, 2.75) is 25.4 Å². The third kappa shape index (κ3) is 6.11. The molecule has 3 rings (SSSR count). The fraction of sp³-hybridized carbons (Fsp3) is 0.200. The van der Waals surface area contributed by atoms with Crippen LogP contribution in [0.25, 0.3) is 11.3 Å². The Labute approximate surface area is 174 Å². The average Bonchev–Trinajstić information content (AvgIpc) is 2.72. The molecule has 0 amide bonds. The Hall–Kier alpha value is -3.76. The first-order valence-corrected chi connectivity index (χ1v) is 9.06. The number of halogens is 4. The molecule has 0 saturated heterocycles. The van der Waals surface area contributed by atoms with Gasteiger partial charge in [-0.2, -0.15) is 17.6 Å². The number of hydrogen-bond donors (Lipinski definition) is 3. The van der Waals surface area contributed by atoms with E-state index in [4.69, 9.17) is 11.1 Å². The van der Waals surface area contributed by atoms with Gasteiger partial charge < -0.3 is 15.8 Å². The van der Waals surface area contributed by atoms with E-state index >= 15 is 0 Å². The van der Waals surface area contributed by atoms with Gasteiger partial charge in [-0.25, -0.2) is 9.97 Å². The third-order valence-corrected chi connectivity index (χ3v) is 4.02. The molecular formula is C20H18F4N6O. The van der Waals surface area contributed by atoms with E-state index in [0.717, 1.165) is 23.4 Å². The number of hydrogen-bond acceptors (Lipinski definition) is 6. The minimum absolute atomic E-state index is 0.0678. The maximum Gasteiger partial charge on any atom is 0.461 e. The molecule has 2 heterocycles. The van der Waals surface area contributed by atoms with E-state index in [1.54, 1.807) is 18.3 Å². The molecule has 0 bridgehead atoms. The number of alkyl halides is 4. The van der Waals surface area contributed by atoms with Crippen LogP contribution in [0.2, 0.25) is 0 Å². The lowest BCUT2D eigenvalue weighted by Gasteiger charge is -2.17. The molecular weight excluding hydrogens is 416 g/mol. The van der Waals surface area contributed by atoms with Crippen LogP contribution in [-0.2, 0) is 6.42 Å². The van der Waals surface area contributed by atoms with Crippen molar-refractivity contribution >= 4 is 17.5 Å². The number of ether oxygens (including phenoxy) is 1. The molecule has 31 heavy (non-hydrogen) atoms. The highest BCUT2D eigenvalue weighted by atomic mass is 19.3. The van der Waals surface area contributed by atoms with Crippen molar-refractivity contribution in [3.05, 3.63) is 60.6 Å². The number of amidine groups is 1. The Balaban J connectivity index is 1.77. The molecule has 0 radical (unpaired) electrons. The first kappa shape index (κ1) is 21.9. The Morgan fingerprint density at radius 1 is 1.13 bits per heavy atom. The molecule has 3 aromatic rings. The summed E-state index contributed by atoms with van der Waals surface area (Å²) in [5, 5.41) is 10.1. The van der Waals surface area contributed by atoms with Gasteiger partial charge in [0, 0.05) is 41.8 Å². The number of benzene rings is 1. The molecule has 0 aliphatic carbocycles. The second-order valence-corrected chi connectivity index (χ2v) is 6.44. The van der Waals surface area contributed by atoms with Crippen LogP contribution in [0.1, 0.15) is 12.1 Å². The van der Waals surface area contributed by atoms with E-state index < -0.39 is 18.3 Å². The molecule has 162 valence electrons. The molecule has 0 saturated carbocycles. The van der Waals surface area contributed by atoms with Crippen LogP contribution in [-0.4, -0.2) is 33.3 Å². The molecule has 11 heteroatoms. The van der Waals surface area contributed by atoms with Gasteiger partial charge in [-0.3, -0.25) is 10.4 Å². The number of nitrogens with one attached hydrogen (secondary N) is 2. The van der Waals surface area contributed by atoms with Gasteiger partial charge in [0.1, 0.15) is 5.75 Å². The van der Waals surface area contributed by atoms with Gasteiger partial charge >= 0.3 is 12.5 Å². The topological polar surface area (TPSA) is 110 Å². The van der Waals surface area contributed by atoms with Crippen molar-refractivity contribution in [1.29, 1.82) is 5.41 Å². The van der Waals surface area contributed by atoms with Crippen molar-refractivity contribution in [2.75, 3.05) is 5.32 Å². The molecule has 0 aliphatic rings. The van der Waals surface area contributed by atoms with Crippen LogP contribution in [0.15, 0.2) is 54.9 Å². The second kappa shape index (κ2) is 9.37. The van der Waals surface area contributed by atoms with Crippen molar-refractivity contribution in [2.24, 2.45) is 5.73 Å². The summed E-state index contributed by atoms with van der Waals surface area (Å²) in [6.07, 6.45) is -4.54. The molecule has 4 N–H and O–H groups in total. The maximum absolute atomic E-state index is 13.1. The lowest BCUT2D eigenvalue weighted by Crippen LogP contribution is -2.33. The molecule has 0 spiro atoms. The van der Waals surface area contributed by atoms with Crippen molar-refractivity contribution in [3.63, 3.8) is 0 Å². The summed E-state index contributed by atoms with van der Waals surface area (Å²) in [7, 11) is 0. The Morgan fingerprint density at radius 2 is 1.90 bits per heavy atom. The van der Waals surface area contributed by atoms with E-state index in [0.29, 0.717) is 18.5 Å². The van der Waals surface area contributed by atoms with Crippen LogP contribution in [0.5, 0.6) is 5.75 Å². The number of nitrogens with two attached hydrogens (primary N) is 1. The van der Waals surface area contributed by atoms with Crippen molar-refractivity contribution in [3.8, 4) is 17.0 Å². The quantitative estimate of drug-likeness (QED) is 0.262. The predicted molar refractivity (Wildman–Crippen MR) is 107 cm³/mol. The molecule has 1 aromatic carbocycles. The summed E-state index contributed by atoms with van der Waals surface area (Å²) in [4.78, 5) is 12.7. The van der Waals surface area contributed by atoms with E-state index in [-0.39, 0.29) is 17.5 Å². The van der Waals surface area contributed by atoms with Crippen LogP contribution in [0.4, 0.5) is 29.2 Å². The zero-order valence-electron chi connectivity index (χ0n) is 16.0. The number of aryl methyl sites for hydroxylation is 1. The lowest BCUT2D eigenvalue weighted by atomic mass is 10.1. The summed E-state index contributed by atoms with van der Waals surface area (Å²) in [6.45, 7) is 0. The zero-order chi connectivity index (χ0) is 22.4. The Kier molecular flexibility index (Phi) is 6.63. The average molecular weight is 434 g/mol. The van der Waals surface area contributed by atoms with Gasteiger partial charge in [0.2, 0.25) is 5.95 Å². The predicted octanol–water partition coefficient (Wildman–Crippen LogP) is 4.39. The summed E-state index contributed by atoms with van der Waals surface area (Å²) in [6, 6.07) is 10.4. The molecule has 7 nitrogen and oxygen atoms in total. The highest BCUT2D eigenvalue weighted by Gasteiger charge is 2.43. The van der Waals surface area contributed by atoms with Gasteiger partial charge in [-0.1, -0.05) is 6.07 Å². The molecule has 2 aromatic heterocycles. The first-order chi connectivity index (χ1) is 14.7. The number of rotatable bonds is 9. The summed E-state index contributed by atoms with van der Waals surface area (Å²) < 4.78 is 55.0. The van der Waals surface area contributed by atoms with E-state index in [1.165, 1.54) is 18.3 Å². The monoisotopic (exact) mass is 434 g/mol. The minimum atomic E-state index is -4.60. The third-order valence-electron chi connectivity index (χ3n) is 4.02. The number of anilines is 2. The fourth-order valence-corrected chi connectivity index (χ4v) is 2.58. The van der Waals surface area contributed by atoms with Crippen LogP contribution in [0.3, 0.4) is 0 Å². The smallest absolute Gasteiger partial charge is 0.428 e. The SMILES string of the molecule is N=C(N)CCc1cc(-c2ccnc(Nc3cccc(OC(F)(F)C(F)F)c3)n2)ccn1. The minimum Gasteiger partial charge on any atom is -0.428 e. The Bertz CT molecular complexity index is 1060. The standard InChI is InChI=1S/C20H18F4N6O/c21-18(22)20(23,24)31-15-3-1-2-14(11-15)29-19-28-9-7-16(30-19)12-6-8-27-13(10-12)4-5-17(25)26/h1-3,6-11,18H,4-5H2,(H3,25,26)(H,28,29,30). The highest BCUT2D eigenvalue weighted by molar-refractivity contribution is 5.77. The summed E-state index contributed by atoms with van der Waals surface area (Å²) in [5.41, 5.74) is 7.72. The molecule has 0 atom stereocenters. The zero-order valence-corrected chi connectivity index (χ0v) is 16.0. The largest absolute Gasteiger partial charge is 0.461 e. The number of nitrogens with zero attached hydrogens (tertiary/aromatic N) is 3. The van der Waals surface area contributed by atoms with E-state index in [1.807, 2.05) is 6.07 Å². The van der Waals surface area contributed by atoms with E-state index in [9.17, 15) is 17.6 Å². The van der Waals surface area contributed by atoms with Gasteiger partial charge in [0.25, 0.3) is 0 Å². The number of pyridine rings is 1. The van der Waals surface area contributed by atoms with Gasteiger partial charge in [-0.05, 0) is 36.8 Å².